The molecule has 1 aliphatic heterocycles. The summed E-state index contributed by atoms with van der Waals surface area (Å²) < 4.78 is 1.82. The van der Waals surface area contributed by atoms with Crippen LogP contribution in [-0.2, 0) is 7.05 Å². The zero-order chi connectivity index (χ0) is 13.7. The van der Waals surface area contributed by atoms with Crippen LogP contribution in [0.2, 0.25) is 0 Å². The zero-order valence-electron chi connectivity index (χ0n) is 11.9. The molecule has 0 aromatic carbocycles. The van der Waals surface area contributed by atoms with E-state index in [1.165, 1.54) is 6.42 Å². The molecule has 19 heavy (non-hydrogen) atoms. The van der Waals surface area contributed by atoms with Gasteiger partial charge < -0.3 is 14.8 Å². The molecule has 2 rings (SSSR count). The van der Waals surface area contributed by atoms with Crippen molar-refractivity contribution in [2.24, 2.45) is 7.05 Å². The molecule has 2 heterocycles. The van der Waals surface area contributed by atoms with Crippen molar-refractivity contribution < 1.29 is 4.79 Å². The summed E-state index contributed by atoms with van der Waals surface area (Å²) in [5.41, 5.74) is 0.552. The summed E-state index contributed by atoms with van der Waals surface area (Å²) in [6.45, 7) is 4.85. The fraction of sp³-hybridized carbons (Fsp3) is 0.714. The number of hydrogen-bond acceptors (Lipinski definition) is 3. The molecule has 1 aromatic heterocycles. The number of unbranched alkanes of at least 4 members (excludes halogenated alkanes) is 1. The van der Waals surface area contributed by atoms with Crippen LogP contribution in [0.1, 0.15) is 43.1 Å². The molecule has 0 saturated carbocycles. The monoisotopic (exact) mass is 264 g/mol. The van der Waals surface area contributed by atoms with Crippen LogP contribution in [0, 0.1) is 0 Å². The lowest BCUT2D eigenvalue weighted by atomic mass is 10.2. The van der Waals surface area contributed by atoms with E-state index < -0.39 is 0 Å². The van der Waals surface area contributed by atoms with Crippen molar-refractivity contribution in [3.05, 3.63) is 18.2 Å². The van der Waals surface area contributed by atoms with Crippen molar-refractivity contribution in [2.45, 2.75) is 38.6 Å². The fourth-order valence-corrected chi connectivity index (χ4v) is 2.49. The zero-order valence-corrected chi connectivity index (χ0v) is 11.9. The predicted molar refractivity (Wildman–Crippen MR) is 75.0 cm³/mol. The van der Waals surface area contributed by atoms with Crippen LogP contribution < -0.4 is 5.32 Å². The molecule has 0 radical (unpaired) electrons. The third-order valence-corrected chi connectivity index (χ3v) is 3.60. The molecule has 0 bridgehead atoms. The molecule has 5 heteroatoms. The van der Waals surface area contributed by atoms with Gasteiger partial charge in [0.05, 0.1) is 6.33 Å². The number of rotatable bonds is 6. The van der Waals surface area contributed by atoms with Crippen molar-refractivity contribution in [2.75, 3.05) is 19.6 Å². The maximum absolute atomic E-state index is 12.5. The first kappa shape index (κ1) is 14.1. The lowest BCUT2D eigenvalue weighted by molar-refractivity contribution is 0.0734. The second-order valence-electron chi connectivity index (χ2n) is 5.32. The normalized spacial score (nSPS) is 18.7. The number of nitrogens with one attached hydrogen (secondary N) is 1. The fourth-order valence-electron chi connectivity index (χ4n) is 2.49. The Kier molecular flexibility index (Phi) is 4.96. The Hall–Kier alpha value is -1.36. The minimum absolute atomic E-state index is 0.0581. The highest BCUT2D eigenvalue weighted by atomic mass is 16.2. The van der Waals surface area contributed by atoms with Gasteiger partial charge in [0.15, 0.2) is 0 Å². The molecule has 1 saturated heterocycles. The highest BCUT2D eigenvalue weighted by molar-refractivity contribution is 5.92. The standard InChI is InChI=1S/C14H24N4O/c1-3-4-8-18(9-12-6-5-7-15-12)14(19)13-10-17(2)11-16-13/h10-12,15H,3-9H2,1-2H3. The van der Waals surface area contributed by atoms with Crippen molar-refractivity contribution >= 4 is 5.91 Å². The molecule has 1 fully saturated rings. The molecule has 5 nitrogen and oxygen atoms in total. The molecule has 1 atom stereocenters. The van der Waals surface area contributed by atoms with Gasteiger partial charge in [-0.05, 0) is 25.8 Å². The number of amides is 1. The molecule has 1 aliphatic rings. The van der Waals surface area contributed by atoms with E-state index in [1.807, 2.05) is 16.5 Å². The van der Waals surface area contributed by atoms with Crippen LogP contribution in [-0.4, -0.2) is 46.0 Å². The average Bonchev–Trinajstić information content (AvgIpc) is 3.05. The number of nitrogens with zero attached hydrogens (tertiary/aromatic N) is 3. The van der Waals surface area contributed by atoms with Crippen LogP contribution in [0.4, 0.5) is 0 Å². The molecular formula is C14H24N4O. The van der Waals surface area contributed by atoms with E-state index in [1.54, 1.807) is 12.5 Å². The summed E-state index contributed by atoms with van der Waals surface area (Å²) >= 11 is 0. The second-order valence-corrected chi connectivity index (χ2v) is 5.32. The summed E-state index contributed by atoms with van der Waals surface area (Å²) in [7, 11) is 1.89. The van der Waals surface area contributed by atoms with E-state index in [4.69, 9.17) is 0 Å². The first-order valence-corrected chi connectivity index (χ1v) is 7.21. The number of imidazole rings is 1. The molecule has 1 unspecified atom stereocenters. The lowest BCUT2D eigenvalue weighted by Crippen LogP contribution is -2.41. The largest absolute Gasteiger partial charge is 0.340 e. The molecule has 0 spiro atoms. The molecule has 1 aromatic rings. The Morgan fingerprint density at radius 2 is 2.47 bits per heavy atom. The van der Waals surface area contributed by atoms with Gasteiger partial charge in [-0.15, -0.1) is 0 Å². The summed E-state index contributed by atoms with van der Waals surface area (Å²) in [5.74, 6) is 0.0581. The molecule has 1 N–H and O–H groups in total. The average molecular weight is 264 g/mol. The highest BCUT2D eigenvalue weighted by Gasteiger charge is 2.23. The van der Waals surface area contributed by atoms with Crippen molar-refractivity contribution in [3.8, 4) is 0 Å². The summed E-state index contributed by atoms with van der Waals surface area (Å²) in [6.07, 6.45) is 8.00. The second kappa shape index (κ2) is 6.70. The van der Waals surface area contributed by atoms with Gasteiger partial charge in [-0.3, -0.25) is 4.79 Å². The van der Waals surface area contributed by atoms with E-state index in [2.05, 4.69) is 17.2 Å². The van der Waals surface area contributed by atoms with Crippen LogP contribution in [0.25, 0.3) is 0 Å². The number of aromatic nitrogens is 2. The van der Waals surface area contributed by atoms with Crippen LogP contribution in [0.3, 0.4) is 0 Å². The summed E-state index contributed by atoms with van der Waals surface area (Å²) in [6, 6.07) is 0.449. The smallest absolute Gasteiger partial charge is 0.274 e. The Balaban J connectivity index is 2.00. The van der Waals surface area contributed by atoms with Gasteiger partial charge in [0.25, 0.3) is 5.91 Å². The molecule has 1 amide bonds. The van der Waals surface area contributed by atoms with E-state index in [0.29, 0.717) is 11.7 Å². The maximum atomic E-state index is 12.5. The predicted octanol–water partition coefficient (Wildman–Crippen LogP) is 1.41. The van der Waals surface area contributed by atoms with Crippen LogP contribution >= 0.6 is 0 Å². The third-order valence-electron chi connectivity index (χ3n) is 3.60. The first-order valence-electron chi connectivity index (χ1n) is 7.21. The number of carbonyl (C=O) groups is 1. The Labute approximate surface area is 115 Å². The van der Waals surface area contributed by atoms with Gasteiger partial charge in [0.1, 0.15) is 5.69 Å². The van der Waals surface area contributed by atoms with Crippen molar-refractivity contribution in [1.82, 2.24) is 19.8 Å². The van der Waals surface area contributed by atoms with Gasteiger partial charge in [-0.1, -0.05) is 13.3 Å². The Bertz CT molecular complexity index is 409. The maximum Gasteiger partial charge on any atom is 0.274 e. The molecular weight excluding hydrogens is 240 g/mol. The quantitative estimate of drug-likeness (QED) is 0.845. The van der Waals surface area contributed by atoms with Gasteiger partial charge in [-0.2, -0.15) is 0 Å². The van der Waals surface area contributed by atoms with E-state index >= 15 is 0 Å². The number of carbonyl (C=O) groups excluding carboxylic acids is 1. The van der Waals surface area contributed by atoms with Crippen molar-refractivity contribution in [3.63, 3.8) is 0 Å². The Morgan fingerprint density at radius 1 is 1.63 bits per heavy atom. The third kappa shape index (κ3) is 3.80. The minimum atomic E-state index is 0.0581. The van der Waals surface area contributed by atoms with Gasteiger partial charge >= 0.3 is 0 Å². The van der Waals surface area contributed by atoms with Gasteiger partial charge in [-0.25, -0.2) is 4.98 Å². The number of aryl methyl sites for hydroxylation is 1. The van der Waals surface area contributed by atoms with E-state index in [9.17, 15) is 4.79 Å². The van der Waals surface area contributed by atoms with Crippen LogP contribution in [0.15, 0.2) is 12.5 Å². The Morgan fingerprint density at radius 3 is 3.05 bits per heavy atom. The van der Waals surface area contributed by atoms with E-state index in [-0.39, 0.29) is 5.91 Å². The van der Waals surface area contributed by atoms with E-state index in [0.717, 1.165) is 38.9 Å². The first-order chi connectivity index (χ1) is 9.20. The summed E-state index contributed by atoms with van der Waals surface area (Å²) in [5, 5.41) is 3.46. The molecule has 106 valence electrons. The topological polar surface area (TPSA) is 50.2 Å². The van der Waals surface area contributed by atoms with Gasteiger partial charge in [0.2, 0.25) is 0 Å². The number of hydrogen-bond donors (Lipinski definition) is 1. The lowest BCUT2D eigenvalue weighted by Gasteiger charge is -2.25. The SMILES string of the molecule is CCCCN(CC1CCCN1)C(=O)c1cn(C)cn1. The van der Waals surface area contributed by atoms with Gasteiger partial charge in [0, 0.05) is 32.4 Å². The highest BCUT2D eigenvalue weighted by Crippen LogP contribution is 2.10. The minimum Gasteiger partial charge on any atom is -0.340 e. The van der Waals surface area contributed by atoms with Crippen LogP contribution in [0.5, 0.6) is 0 Å². The molecule has 0 aliphatic carbocycles. The van der Waals surface area contributed by atoms with Crippen molar-refractivity contribution in [1.29, 1.82) is 0 Å². The summed E-state index contributed by atoms with van der Waals surface area (Å²) in [4.78, 5) is 18.6.